The highest BCUT2D eigenvalue weighted by Crippen LogP contribution is 1.88. The number of nitrogens with one attached hydrogen (secondary N) is 1. The van der Waals surface area contributed by atoms with E-state index in [0.29, 0.717) is 0 Å². The van der Waals surface area contributed by atoms with E-state index in [1.165, 1.54) is 4.98 Å². The summed E-state index contributed by atoms with van der Waals surface area (Å²) in [6.45, 7) is 1.96. The van der Waals surface area contributed by atoms with Crippen molar-refractivity contribution in [3.63, 3.8) is 0 Å². The highest BCUT2D eigenvalue weighted by Gasteiger charge is 1.73. The molecule has 1 heteroatoms. The van der Waals surface area contributed by atoms with Crippen LogP contribution in [0.4, 0.5) is 0 Å². The van der Waals surface area contributed by atoms with E-state index in [4.69, 9.17) is 1.41 Å². The van der Waals surface area contributed by atoms with Crippen LogP contribution in [0.15, 0.2) is 18.5 Å². The molecule has 0 fully saturated rings. The second kappa shape index (κ2) is 1.17. The van der Waals surface area contributed by atoms with Gasteiger partial charge in [-0.3, -0.25) is 0 Å². The maximum Gasteiger partial charge on any atom is 0.165 e. The highest BCUT2D eigenvalue weighted by molar-refractivity contribution is 5.03. The topological polar surface area (TPSA) is 15.8 Å². The van der Waals surface area contributed by atoms with Crippen molar-refractivity contribution < 1.29 is 1.41 Å². The number of aromatic nitrogens is 1. The Morgan fingerprint density at radius 2 is 2.83 bits per heavy atom. The zero-order valence-electron chi connectivity index (χ0n) is 4.68. The van der Waals surface area contributed by atoms with Crippen molar-refractivity contribution in [2.45, 2.75) is 6.92 Å². The van der Waals surface area contributed by atoms with Crippen LogP contribution in [0.3, 0.4) is 0 Å². The molecule has 0 spiro atoms. The molecule has 0 amide bonds. The lowest BCUT2D eigenvalue weighted by Crippen LogP contribution is -1.50. The Labute approximate surface area is 38.5 Å². The zero-order valence-corrected chi connectivity index (χ0v) is 3.68. The third kappa shape index (κ3) is 0.432. The lowest BCUT2D eigenvalue weighted by Gasteiger charge is -1.65. The molecule has 1 heterocycles. The van der Waals surface area contributed by atoms with Crippen LogP contribution in [0.1, 0.15) is 5.56 Å². The normalized spacial score (nSPS) is 11.2. The number of hydrogen-bond donors (Lipinski definition) is 1. The van der Waals surface area contributed by atoms with Crippen LogP contribution in [0.25, 0.3) is 0 Å². The fraction of sp³-hybridized carbons (Fsp3) is 0.200. The Balaban J connectivity index is 3.04. The fourth-order valence-electron chi connectivity index (χ4n) is 0.364. The van der Waals surface area contributed by atoms with Gasteiger partial charge in [-0.1, -0.05) is 0 Å². The summed E-state index contributed by atoms with van der Waals surface area (Å²) in [6, 6.07) is 1.90. The minimum Gasteiger partial charge on any atom is -0.367 e. The summed E-state index contributed by atoms with van der Waals surface area (Å²) in [5.41, 5.74) is 1.13. The van der Waals surface area contributed by atoms with Gasteiger partial charge in [0.2, 0.25) is 0 Å². The van der Waals surface area contributed by atoms with Crippen molar-refractivity contribution in [3.8, 4) is 0 Å². The van der Waals surface area contributed by atoms with Crippen molar-refractivity contribution >= 4 is 0 Å². The highest BCUT2D eigenvalue weighted by atomic mass is 14.6. The SMILES string of the molecule is [3H]n1ccc(C)c1. The van der Waals surface area contributed by atoms with E-state index in [-0.39, 0.29) is 0 Å². The predicted octanol–water partition coefficient (Wildman–Crippen LogP) is 1.32. The third-order valence-electron chi connectivity index (χ3n) is 0.702. The maximum absolute atomic E-state index is 6.93. The van der Waals surface area contributed by atoms with E-state index in [9.17, 15) is 0 Å². The molecule has 1 aromatic heterocycles. The Morgan fingerprint density at radius 3 is 3.00 bits per heavy atom. The number of aryl methyl sites for hydroxylation is 1. The smallest absolute Gasteiger partial charge is 0.165 e. The van der Waals surface area contributed by atoms with Crippen molar-refractivity contribution in [1.29, 1.82) is 0 Å². The molecule has 0 radical (unpaired) electrons. The fourth-order valence-corrected chi connectivity index (χ4v) is 0.364. The van der Waals surface area contributed by atoms with Gasteiger partial charge in [0.1, 0.15) is 0 Å². The molecule has 32 valence electrons. The zero-order chi connectivity index (χ0) is 5.28. The number of H-pyrrole nitrogens is 1. The Morgan fingerprint density at radius 1 is 2.00 bits per heavy atom. The second-order valence-corrected chi connectivity index (χ2v) is 1.34. The Bertz CT molecular complexity index is 140. The average Bonchev–Trinajstić information content (AvgIpc) is 1.87. The van der Waals surface area contributed by atoms with Gasteiger partial charge in [0.25, 0.3) is 0 Å². The van der Waals surface area contributed by atoms with Gasteiger partial charge < -0.3 is 4.98 Å². The van der Waals surface area contributed by atoms with Crippen LogP contribution >= 0.6 is 0 Å². The average molecular weight is 83.1 g/mol. The number of aromatic amines is 1. The molecule has 0 aliphatic carbocycles. The van der Waals surface area contributed by atoms with Crippen LogP contribution in [-0.4, -0.2) is 4.98 Å². The standard InChI is InChI=1S/C5H7N/c1-5-2-3-6-4-5/h2-4,6H,1H3/i/hT. The lowest BCUT2D eigenvalue weighted by molar-refractivity contribution is 1.39. The molecule has 6 heavy (non-hydrogen) atoms. The van der Waals surface area contributed by atoms with Crippen LogP contribution < -0.4 is 0 Å². The Kier molecular flexibility index (Phi) is 0.477. The molecule has 1 nitrogen and oxygen atoms in total. The van der Waals surface area contributed by atoms with Gasteiger partial charge in [0, 0.05) is 12.4 Å². The molecule has 0 saturated carbocycles. The first-order valence-electron chi connectivity index (χ1n) is 2.37. The molecule has 0 unspecified atom stereocenters. The van der Waals surface area contributed by atoms with E-state index in [1.807, 2.05) is 13.0 Å². The first-order chi connectivity index (χ1) is 3.29. The third-order valence-corrected chi connectivity index (χ3v) is 0.702. The van der Waals surface area contributed by atoms with E-state index in [1.54, 1.807) is 12.4 Å². The van der Waals surface area contributed by atoms with Crippen molar-refractivity contribution in [1.82, 2.24) is 4.98 Å². The molecule has 0 atom stereocenters. The van der Waals surface area contributed by atoms with Gasteiger partial charge in [-0.2, -0.15) is 0 Å². The Hall–Kier alpha value is -0.720. The molecular formula is C5H7N. The van der Waals surface area contributed by atoms with E-state index in [2.05, 4.69) is 0 Å². The summed E-state index contributed by atoms with van der Waals surface area (Å²) in [5.74, 6) is 0. The van der Waals surface area contributed by atoms with Crippen LogP contribution in [-0.2, 0) is 0 Å². The summed E-state index contributed by atoms with van der Waals surface area (Å²) >= 11 is 0. The predicted molar refractivity (Wildman–Crippen MR) is 25.5 cm³/mol. The molecule has 0 bridgehead atoms. The molecule has 1 aromatic rings. The molecule has 0 saturated heterocycles. The van der Waals surface area contributed by atoms with Gasteiger partial charge >= 0.3 is 0 Å². The molecule has 1 rings (SSSR count). The molecule has 0 aliphatic rings. The van der Waals surface area contributed by atoms with E-state index >= 15 is 0 Å². The first kappa shape index (κ1) is 2.45. The summed E-state index contributed by atoms with van der Waals surface area (Å²) in [7, 11) is 0. The van der Waals surface area contributed by atoms with Crippen LogP contribution in [0.5, 0.6) is 0 Å². The van der Waals surface area contributed by atoms with Crippen molar-refractivity contribution in [2.24, 2.45) is 0 Å². The molecule has 0 aromatic carbocycles. The monoisotopic (exact) mass is 83.1 g/mol. The van der Waals surface area contributed by atoms with Crippen LogP contribution in [0, 0.1) is 6.92 Å². The minimum absolute atomic E-state index is 1.13. The summed E-state index contributed by atoms with van der Waals surface area (Å²) in [6.07, 6.45) is 3.45. The van der Waals surface area contributed by atoms with Gasteiger partial charge in [0.15, 0.2) is 1.41 Å². The van der Waals surface area contributed by atoms with Crippen molar-refractivity contribution in [3.05, 3.63) is 24.0 Å². The van der Waals surface area contributed by atoms with E-state index < -0.39 is 0 Å². The molecular weight excluding hydrogens is 74.1 g/mol. The summed E-state index contributed by atoms with van der Waals surface area (Å²) in [4.78, 5) is 1.29. The van der Waals surface area contributed by atoms with Gasteiger partial charge in [-0.15, -0.1) is 0 Å². The summed E-state index contributed by atoms with van der Waals surface area (Å²) < 4.78 is 6.93. The van der Waals surface area contributed by atoms with Crippen LogP contribution in [0.2, 0.25) is 1.41 Å². The maximum atomic E-state index is 6.93. The quantitative estimate of drug-likeness (QED) is 0.487. The van der Waals surface area contributed by atoms with E-state index in [0.717, 1.165) is 5.56 Å². The minimum atomic E-state index is 1.13. The summed E-state index contributed by atoms with van der Waals surface area (Å²) in [5, 5.41) is 0. The van der Waals surface area contributed by atoms with Gasteiger partial charge in [0.05, 0.1) is 0 Å². The number of rotatable bonds is 0. The lowest BCUT2D eigenvalue weighted by atomic mass is 10.4. The van der Waals surface area contributed by atoms with Gasteiger partial charge in [-0.05, 0) is 18.6 Å². The van der Waals surface area contributed by atoms with Crippen molar-refractivity contribution in [2.75, 3.05) is 0 Å². The largest absolute Gasteiger partial charge is 0.367 e. The molecule has 1 N–H and O–H groups in total. The first-order valence-corrected chi connectivity index (χ1v) is 1.93. The number of hydrogen-bond acceptors (Lipinski definition) is 0. The molecule has 0 aliphatic heterocycles. The second-order valence-electron chi connectivity index (χ2n) is 1.34. The van der Waals surface area contributed by atoms with Gasteiger partial charge in [-0.25, -0.2) is 0 Å².